The molecule has 0 spiro atoms. The van der Waals surface area contributed by atoms with E-state index in [4.69, 9.17) is 18.6 Å². The third-order valence-corrected chi connectivity index (χ3v) is 5.49. The van der Waals surface area contributed by atoms with Crippen molar-refractivity contribution in [3.63, 3.8) is 0 Å². The second-order valence-electron chi connectivity index (χ2n) is 7.45. The fraction of sp³-hybridized carbons (Fsp3) is 0.160. The van der Waals surface area contributed by atoms with Gasteiger partial charge in [-0.1, -0.05) is 6.07 Å². The number of halogens is 5. The first-order valence-electron chi connectivity index (χ1n) is 10.1. The Balaban J connectivity index is 1.70. The number of aryl methyl sites for hydroxylation is 1. The minimum atomic E-state index is -2.25. The summed E-state index contributed by atoms with van der Waals surface area (Å²) >= 11 is 0. The normalized spacial score (nSPS) is 11.1. The average Bonchev–Trinajstić information content (AvgIpc) is 2.86. The zero-order valence-electron chi connectivity index (χ0n) is 18.6. The lowest BCUT2D eigenvalue weighted by molar-refractivity contribution is 0.279. The number of hydrogen-bond acceptors (Lipinski definition) is 5. The van der Waals surface area contributed by atoms with Crippen molar-refractivity contribution in [3.8, 4) is 28.4 Å². The number of hydrogen-bond donors (Lipinski definition) is 0. The van der Waals surface area contributed by atoms with Crippen molar-refractivity contribution in [3.05, 3.63) is 87.0 Å². The van der Waals surface area contributed by atoms with Crippen LogP contribution in [0.3, 0.4) is 0 Å². The van der Waals surface area contributed by atoms with Crippen molar-refractivity contribution >= 4 is 11.0 Å². The molecule has 0 aliphatic rings. The largest absolute Gasteiger partial charge is 0.493 e. The molecule has 0 fully saturated rings. The number of fused-ring (bicyclic) bond motifs is 1. The zero-order valence-corrected chi connectivity index (χ0v) is 18.6. The number of benzene rings is 3. The van der Waals surface area contributed by atoms with Crippen molar-refractivity contribution in [1.82, 2.24) is 0 Å². The number of methoxy groups -OCH3 is 2. The van der Waals surface area contributed by atoms with Gasteiger partial charge in [-0.3, -0.25) is 0 Å². The standard InChI is InChI=1S/C25H17F5O5/c1-11-14-6-5-13(34-10-15-20(26)22(28)24(30)23(29)21(15)27)9-17(14)35-25(31)19(11)12-4-7-16(32-2)18(8-12)33-3/h4-9H,10H2,1-3H3. The van der Waals surface area contributed by atoms with Gasteiger partial charge in [0.05, 0.1) is 25.3 Å². The first-order valence-corrected chi connectivity index (χ1v) is 10.1. The molecule has 3 aromatic carbocycles. The van der Waals surface area contributed by atoms with E-state index in [2.05, 4.69) is 0 Å². The lowest BCUT2D eigenvalue weighted by Crippen LogP contribution is -2.10. The Hall–Kier alpha value is -4.08. The summed E-state index contributed by atoms with van der Waals surface area (Å²) in [5.74, 6) is -9.46. The molecule has 0 atom stereocenters. The summed E-state index contributed by atoms with van der Waals surface area (Å²) in [4.78, 5) is 12.8. The molecule has 0 saturated heterocycles. The van der Waals surface area contributed by atoms with Crippen LogP contribution in [-0.2, 0) is 6.61 Å². The van der Waals surface area contributed by atoms with Crippen molar-refractivity contribution in [1.29, 1.82) is 0 Å². The Morgan fingerprint density at radius 1 is 0.800 bits per heavy atom. The Morgan fingerprint density at radius 3 is 2.06 bits per heavy atom. The molecule has 0 aliphatic heterocycles. The van der Waals surface area contributed by atoms with Gasteiger partial charge in [-0.05, 0) is 42.3 Å². The minimum Gasteiger partial charge on any atom is -0.493 e. The highest BCUT2D eigenvalue weighted by Crippen LogP contribution is 2.35. The minimum absolute atomic E-state index is 0.0112. The van der Waals surface area contributed by atoms with Gasteiger partial charge in [-0.15, -0.1) is 0 Å². The van der Waals surface area contributed by atoms with Gasteiger partial charge in [0.25, 0.3) is 0 Å². The van der Waals surface area contributed by atoms with E-state index in [1.165, 1.54) is 26.4 Å². The van der Waals surface area contributed by atoms with Gasteiger partial charge in [-0.2, -0.15) is 0 Å². The molecule has 4 rings (SSSR count). The van der Waals surface area contributed by atoms with Gasteiger partial charge in [0.1, 0.15) is 17.9 Å². The smallest absolute Gasteiger partial charge is 0.344 e. The first-order chi connectivity index (χ1) is 16.7. The maximum Gasteiger partial charge on any atom is 0.344 e. The van der Waals surface area contributed by atoms with Crippen molar-refractivity contribution in [2.75, 3.05) is 14.2 Å². The molecule has 0 N–H and O–H groups in total. The molecule has 1 heterocycles. The third kappa shape index (κ3) is 4.16. The van der Waals surface area contributed by atoms with Gasteiger partial charge in [-0.25, -0.2) is 26.7 Å². The Morgan fingerprint density at radius 2 is 1.43 bits per heavy atom. The topological polar surface area (TPSA) is 57.9 Å². The van der Waals surface area contributed by atoms with Gasteiger partial charge in [0.15, 0.2) is 34.8 Å². The average molecular weight is 492 g/mol. The second-order valence-corrected chi connectivity index (χ2v) is 7.45. The highest BCUT2D eigenvalue weighted by molar-refractivity contribution is 5.87. The molecule has 0 aliphatic carbocycles. The molecule has 10 heteroatoms. The molecule has 4 aromatic rings. The van der Waals surface area contributed by atoms with E-state index < -0.39 is 46.9 Å². The molecule has 0 radical (unpaired) electrons. The molecule has 0 bridgehead atoms. The Kier molecular flexibility index (Phi) is 6.38. The zero-order chi connectivity index (χ0) is 25.4. The van der Waals surface area contributed by atoms with Crippen LogP contribution in [0.4, 0.5) is 22.0 Å². The predicted molar refractivity (Wildman–Crippen MR) is 116 cm³/mol. The van der Waals surface area contributed by atoms with Crippen LogP contribution in [0.5, 0.6) is 17.2 Å². The van der Waals surface area contributed by atoms with Crippen LogP contribution in [0.25, 0.3) is 22.1 Å². The Labute approximate surface area is 195 Å². The molecule has 35 heavy (non-hydrogen) atoms. The highest BCUT2D eigenvalue weighted by Gasteiger charge is 2.26. The molecule has 0 saturated carbocycles. The van der Waals surface area contributed by atoms with Crippen molar-refractivity contribution < 1.29 is 40.6 Å². The van der Waals surface area contributed by atoms with Gasteiger partial charge in [0.2, 0.25) is 5.82 Å². The molecule has 1 aromatic heterocycles. The number of ether oxygens (including phenoxy) is 3. The molecule has 182 valence electrons. The lowest BCUT2D eigenvalue weighted by Gasteiger charge is -2.13. The van der Waals surface area contributed by atoms with Gasteiger partial charge >= 0.3 is 5.63 Å². The van der Waals surface area contributed by atoms with E-state index in [0.29, 0.717) is 28.0 Å². The fourth-order valence-corrected chi connectivity index (χ4v) is 3.68. The van der Waals surface area contributed by atoms with Crippen LogP contribution < -0.4 is 19.8 Å². The molecule has 0 unspecified atom stereocenters. The van der Waals surface area contributed by atoms with Crippen molar-refractivity contribution in [2.45, 2.75) is 13.5 Å². The third-order valence-electron chi connectivity index (χ3n) is 5.49. The van der Waals surface area contributed by atoms with E-state index in [1.807, 2.05) is 0 Å². The fourth-order valence-electron chi connectivity index (χ4n) is 3.68. The summed E-state index contributed by atoms with van der Waals surface area (Å²) in [7, 11) is 2.95. The summed E-state index contributed by atoms with van der Waals surface area (Å²) in [6, 6.07) is 9.20. The van der Waals surface area contributed by atoms with Crippen LogP contribution in [0, 0.1) is 36.0 Å². The van der Waals surface area contributed by atoms with E-state index >= 15 is 0 Å². The predicted octanol–water partition coefficient (Wildman–Crippen LogP) is 6.06. The lowest BCUT2D eigenvalue weighted by atomic mass is 9.99. The second kappa shape index (κ2) is 9.28. The summed E-state index contributed by atoms with van der Waals surface area (Å²) in [5.41, 5.74) is -0.292. The maximum atomic E-state index is 13.9. The summed E-state index contributed by atoms with van der Waals surface area (Å²) < 4.78 is 89.0. The van der Waals surface area contributed by atoms with Crippen molar-refractivity contribution in [2.24, 2.45) is 0 Å². The molecular weight excluding hydrogens is 475 g/mol. The maximum absolute atomic E-state index is 13.9. The van der Waals surface area contributed by atoms with E-state index in [-0.39, 0.29) is 16.9 Å². The van der Waals surface area contributed by atoms with Crippen LogP contribution >= 0.6 is 0 Å². The van der Waals surface area contributed by atoms with Crippen LogP contribution in [0.1, 0.15) is 11.1 Å². The Bertz CT molecular complexity index is 1480. The van der Waals surface area contributed by atoms with E-state index in [1.54, 1.807) is 31.2 Å². The molecule has 0 amide bonds. The highest BCUT2D eigenvalue weighted by atomic mass is 19.2. The summed E-state index contributed by atoms with van der Waals surface area (Å²) in [5, 5.41) is 0.540. The van der Waals surface area contributed by atoms with Crippen LogP contribution in [0.2, 0.25) is 0 Å². The molecule has 5 nitrogen and oxygen atoms in total. The quantitative estimate of drug-likeness (QED) is 0.142. The van der Waals surface area contributed by atoms with Gasteiger partial charge < -0.3 is 18.6 Å². The van der Waals surface area contributed by atoms with E-state index in [9.17, 15) is 26.7 Å². The van der Waals surface area contributed by atoms with Crippen LogP contribution in [-0.4, -0.2) is 14.2 Å². The summed E-state index contributed by atoms with van der Waals surface area (Å²) in [6.07, 6.45) is 0. The summed E-state index contributed by atoms with van der Waals surface area (Å²) in [6.45, 7) is 0.769. The van der Waals surface area contributed by atoms with E-state index in [0.717, 1.165) is 0 Å². The van der Waals surface area contributed by atoms with Crippen LogP contribution in [0.15, 0.2) is 45.6 Å². The number of rotatable bonds is 6. The van der Waals surface area contributed by atoms with Gasteiger partial charge in [0, 0.05) is 11.5 Å². The first kappa shape index (κ1) is 24.1. The molecular formula is C25H17F5O5. The SMILES string of the molecule is COc1ccc(-c2c(C)c3ccc(OCc4c(F)c(F)c(F)c(F)c4F)cc3oc2=O)cc1OC. The monoisotopic (exact) mass is 492 g/mol.